The number of hydrogen-bond donors (Lipinski definition) is 0. The molecule has 0 amide bonds. The fourth-order valence-corrected chi connectivity index (χ4v) is 2.52. The molecule has 0 bridgehead atoms. The van der Waals surface area contributed by atoms with Crippen LogP contribution in [0.4, 0.5) is 0 Å². The maximum atomic E-state index is 4.69. The van der Waals surface area contributed by atoms with Crippen molar-refractivity contribution in [3.05, 3.63) is 16.1 Å². The molecule has 1 atom stereocenters. The quantitative estimate of drug-likeness (QED) is 0.741. The van der Waals surface area contributed by atoms with Gasteiger partial charge in [-0.1, -0.05) is 43.6 Å². The zero-order valence-corrected chi connectivity index (χ0v) is 12.4. The van der Waals surface area contributed by atoms with Crippen LogP contribution in [0.25, 0.3) is 0 Å². The average molecular weight is 290 g/mol. The molecule has 0 aliphatic carbocycles. The Morgan fingerprint density at radius 3 is 2.60 bits per heavy atom. The highest BCUT2D eigenvalue weighted by Crippen LogP contribution is 2.25. The van der Waals surface area contributed by atoms with E-state index in [0.717, 1.165) is 6.42 Å². The van der Waals surface area contributed by atoms with Crippen LogP contribution in [0.1, 0.15) is 51.2 Å². The minimum absolute atomic E-state index is 0.188. The normalized spacial score (nSPS) is 14.2. The Kier molecular flexibility index (Phi) is 4.78. The summed E-state index contributed by atoms with van der Waals surface area (Å²) in [4.78, 5) is 5.32. The Balaban J connectivity index is 2.54. The molecule has 1 heterocycles. The number of halogens is 1. The number of aryl methyl sites for hydroxylation is 1. The van der Waals surface area contributed by atoms with Crippen molar-refractivity contribution < 1.29 is 0 Å². The summed E-state index contributed by atoms with van der Waals surface area (Å²) in [6.07, 6.45) is 3.48. The van der Waals surface area contributed by atoms with Gasteiger partial charge in [0.25, 0.3) is 0 Å². The predicted molar refractivity (Wildman–Crippen MR) is 72.1 cm³/mol. The third-order valence-electron chi connectivity index (χ3n) is 2.43. The number of alkyl halides is 1. The van der Waals surface area contributed by atoms with Gasteiger partial charge in [0.1, 0.15) is 0 Å². The van der Waals surface area contributed by atoms with Crippen molar-refractivity contribution in [3.8, 4) is 0 Å². The summed E-state index contributed by atoms with van der Waals surface area (Å²) in [6.45, 7) is 8.85. The van der Waals surface area contributed by atoms with E-state index in [9.17, 15) is 0 Å². The second kappa shape index (κ2) is 5.44. The molecule has 1 aromatic heterocycles. The Bertz CT molecular complexity index is 301. The molecule has 0 N–H and O–H groups in total. The van der Waals surface area contributed by atoms with Gasteiger partial charge in [-0.25, -0.2) is 4.98 Å². The second-order valence-electron chi connectivity index (χ2n) is 4.92. The first kappa shape index (κ1) is 13.2. The van der Waals surface area contributed by atoms with Crippen molar-refractivity contribution in [2.24, 2.45) is 0 Å². The fraction of sp³-hybridized carbons (Fsp3) is 0.750. The standard InChI is InChI=1S/C12H20BrNS/c1-5-9(13)6-7-11-14-10(8-15-11)12(2,3)4/h8-9H,5-7H2,1-4H3. The summed E-state index contributed by atoms with van der Waals surface area (Å²) in [7, 11) is 0. The van der Waals surface area contributed by atoms with E-state index >= 15 is 0 Å². The number of thiazole rings is 1. The first-order chi connectivity index (χ1) is 6.93. The van der Waals surface area contributed by atoms with Crippen molar-refractivity contribution in [3.63, 3.8) is 0 Å². The smallest absolute Gasteiger partial charge is 0.0928 e. The van der Waals surface area contributed by atoms with Gasteiger partial charge in [-0.05, 0) is 12.8 Å². The highest BCUT2D eigenvalue weighted by Gasteiger charge is 2.17. The van der Waals surface area contributed by atoms with Crippen LogP contribution in [0, 0.1) is 0 Å². The SMILES string of the molecule is CCC(Br)CCc1nc(C(C)(C)C)cs1. The van der Waals surface area contributed by atoms with Gasteiger partial charge in [0.15, 0.2) is 0 Å². The maximum Gasteiger partial charge on any atom is 0.0928 e. The van der Waals surface area contributed by atoms with Gasteiger partial charge < -0.3 is 0 Å². The van der Waals surface area contributed by atoms with E-state index in [0.29, 0.717) is 4.83 Å². The summed E-state index contributed by atoms with van der Waals surface area (Å²) in [5.41, 5.74) is 1.41. The Hall–Kier alpha value is 0.110. The molecule has 15 heavy (non-hydrogen) atoms. The average Bonchev–Trinajstić information content (AvgIpc) is 2.61. The largest absolute Gasteiger partial charge is 0.246 e. The topological polar surface area (TPSA) is 12.9 Å². The van der Waals surface area contributed by atoms with Gasteiger partial charge in [-0.15, -0.1) is 11.3 Å². The number of rotatable bonds is 4. The molecule has 0 aliphatic rings. The van der Waals surface area contributed by atoms with Gasteiger partial charge >= 0.3 is 0 Å². The molecule has 1 unspecified atom stereocenters. The minimum Gasteiger partial charge on any atom is -0.246 e. The summed E-state index contributed by atoms with van der Waals surface area (Å²) >= 11 is 5.45. The third-order valence-corrected chi connectivity index (χ3v) is 4.45. The lowest BCUT2D eigenvalue weighted by Crippen LogP contribution is -2.11. The predicted octanol–water partition coefficient (Wildman–Crippen LogP) is 4.55. The molecule has 86 valence electrons. The molecule has 0 spiro atoms. The maximum absolute atomic E-state index is 4.69. The molecule has 1 nitrogen and oxygen atoms in total. The summed E-state index contributed by atoms with van der Waals surface area (Å²) in [5, 5.41) is 3.47. The van der Waals surface area contributed by atoms with Crippen LogP contribution < -0.4 is 0 Å². The first-order valence-electron chi connectivity index (χ1n) is 5.52. The monoisotopic (exact) mass is 289 g/mol. The Morgan fingerprint density at radius 2 is 2.13 bits per heavy atom. The lowest BCUT2D eigenvalue weighted by molar-refractivity contribution is 0.570. The Morgan fingerprint density at radius 1 is 1.47 bits per heavy atom. The van der Waals surface area contributed by atoms with Crippen LogP contribution in [-0.2, 0) is 11.8 Å². The van der Waals surface area contributed by atoms with E-state index in [2.05, 4.69) is 54.0 Å². The lowest BCUT2D eigenvalue weighted by Gasteiger charge is -2.14. The van der Waals surface area contributed by atoms with Gasteiger partial charge in [0, 0.05) is 22.0 Å². The van der Waals surface area contributed by atoms with Gasteiger partial charge in [0.05, 0.1) is 10.7 Å². The molecule has 0 fully saturated rings. The highest BCUT2D eigenvalue weighted by molar-refractivity contribution is 9.09. The van der Waals surface area contributed by atoms with Crippen molar-refractivity contribution in [1.82, 2.24) is 4.98 Å². The lowest BCUT2D eigenvalue weighted by atomic mass is 9.93. The molecule has 0 saturated heterocycles. The molecule has 0 aliphatic heterocycles. The van der Waals surface area contributed by atoms with Crippen LogP contribution in [-0.4, -0.2) is 9.81 Å². The van der Waals surface area contributed by atoms with E-state index in [-0.39, 0.29) is 5.41 Å². The third kappa shape index (κ3) is 4.23. The second-order valence-corrected chi connectivity index (χ2v) is 7.16. The molecule has 0 saturated carbocycles. The van der Waals surface area contributed by atoms with Crippen LogP contribution in [0.15, 0.2) is 5.38 Å². The Labute approximate surface area is 105 Å². The van der Waals surface area contributed by atoms with Crippen molar-refractivity contribution in [1.29, 1.82) is 0 Å². The van der Waals surface area contributed by atoms with E-state index < -0.39 is 0 Å². The van der Waals surface area contributed by atoms with Crippen LogP contribution in [0.5, 0.6) is 0 Å². The van der Waals surface area contributed by atoms with E-state index in [1.807, 2.05) is 0 Å². The zero-order chi connectivity index (χ0) is 11.5. The highest BCUT2D eigenvalue weighted by atomic mass is 79.9. The molecular formula is C12H20BrNS. The van der Waals surface area contributed by atoms with Gasteiger partial charge in [-0.2, -0.15) is 0 Å². The minimum atomic E-state index is 0.188. The van der Waals surface area contributed by atoms with E-state index in [1.165, 1.54) is 23.5 Å². The molecule has 0 aromatic carbocycles. The van der Waals surface area contributed by atoms with E-state index in [4.69, 9.17) is 0 Å². The zero-order valence-electron chi connectivity index (χ0n) is 10.0. The number of aromatic nitrogens is 1. The van der Waals surface area contributed by atoms with Crippen molar-refractivity contribution in [2.45, 2.75) is 57.2 Å². The molecule has 1 rings (SSSR count). The summed E-state index contributed by atoms with van der Waals surface area (Å²) < 4.78 is 0. The van der Waals surface area contributed by atoms with Gasteiger partial charge in [-0.3, -0.25) is 0 Å². The molecular weight excluding hydrogens is 270 g/mol. The number of hydrogen-bond acceptors (Lipinski definition) is 2. The van der Waals surface area contributed by atoms with Crippen LogP contribution >= 0.6 is 27.3 Å². The number of nitrogens with zero attached hydrogens (tertiary/aromatic N) is 1. The molecule has 3 heteroatoms. The van der Waals surface area contributed by atoms with E-state index in [1.54, 1.807) is 11.3 Å². The van der Waals surface area contributed by atoms with Gasteiger partial charge in [0.2, 0.25) is 0 Å². The summed E-state index contributed by atoms with van der Waals surface area (Å²) in [6, 6.07) is 0. The van der Waals surface area contributed by atoms with Crippen molar-refractivity contribution >= 4 is 27.3 Å². The van der Waals surface area contributed by atoms with Crippen LogP contribution in [0.2, 0.25) is 0 Å². The molecule has 1 aromatic rings. The van der Waals surface area contributed by atoms with Crippen molar-refractivity contribution in [2.75, 3.05) is 0 Å². The summed E-state index contributed by atoms with van der Waals surface area (Å²) in [5.74, 6) is 0. The first-order valence-corrected chi connectivity index (χ1v) is 7.32. The van der Waals surface area contributed by atoms with Crippen LogP contribution in [0.3, 0.4) is 0 Å². The fourth-order valence-electron chi connectivity index (χ4n) is 1.25. The molecule has 0 radical (unpaired) electrons.